The maximum absolute atomic E-state index is 12.0. The minimum absolute atomic E-state index is 0.0194. The predicted octanol–water partition coefficient (Wildman–Crippen LogP) is 2.49. The van der Waals surface area contributed by atoms with Crippen LogP contribution in [0.25, 0.3) is 0 Å². The van der Waals surface area contributed by atoms with E-state index in [4.69, 9.17) is 9.47 Å². The monoisotopic (exact) mass is 262 g/mol. The van der Waals surface area contributed by atoms with Crippen LogP contribution in [0.4, 0.5) is 0 Å². The Morgan fingerprint density at radius 2 is 1.84 bits per heavy atom. The highest BCUT2D eigenvalue weighted by Gasteiger charge is 2.52. The van der Waals surface area contributed by atoms with E-state index >= 15 is 0 Å². The number of hydrogen-bond donors (Lipinski definition) is 0. The van der Waals surface area contributed by atoms with Gasteiger partial charge < -0.3 is 9.47 Å². The fraction of sp³-hybridized carbons (Fsp3) is 0.467. The molecule has 0 spiro atoms. The molecule has 2 rings (SSSR count). The smallest absolute Gasteiger partial charge is 0.351 e. The molecule has 1 aliphatic rings. The second-order valence-electron chi connectivity index (χ2n) is 5.50. The Kier molecular flexibility index (Phi) is 3.60. The van der Waals surface area contributed by atoms with Gasteiger partial charge in [-0.1, -0.05) is 44.2 Å². The molecule has 0 aliphatic heterocycles. The minimum Gasteiger partial charge on any atom is -0.466 e. The van der Waals surface area contributed by atoms with Crippen molar-refractivity contribution in [3.8, 4) is 0 Å². The Labute approximate surface area is 112 Å². The zero-order valence-corrected chi connectivity index (χ0v) is 11.4. The maximum Gasteiger partial charge on any atom is 0.351 e. The molecule has 1 saturated carbocycles. The van der Waals surface area contributed by atoms with E-state index in [0.29, 0.717) is 5.56 Å². The van der Waals surface area contributed by atoms with Crippen molar-refractivity contribution in [3.63, 3.8) is 0 Å². The average molecular weight is 262 g/mol. The number of esters is 2. The maximum atomic E-state index is 12.0. The van der Waals surface area contributed by atoms with E-state index in [1.165, 1.54) is 7.11 Å². The molecule has 0 saturated heterocycles. The van der Waals surface area contributed by atoms with Gasteiger partial charge in [-0.2, -0.15) is 0 Å². The lowest BCUT2D eigenvalue weighted by Gasteiger charge is -2.16. The number of ether oxygens (including phenoxy) is 2. The van der Waals surface area contributed by atoms with Gasteiger partial charge in [0.25, 0.3) is 0 Å². The molecule has 4 heteroatoms. The van der Waals surface area contributed by atoms with Gasteiger partial charge in [-0.3, -0.25) is 4.79 Å². The summed E-state index contributed by atoms with van der Waals surface area (Å²) in [5.41, 5.74) is 0.607. The third kappa shape index (κ3) is 2.95. The second-order valence-corrected chi connectivity index (χ2v) is 5.50. The van der Waals surface area contributed by atoms with Crippen LogP contribution in [-0.2, 0) is 19.1 Å². The first kappa shape index (κ1) is 13.6. The molecule has 4 nitrogen and oxygen atoms in total. The van der Waals surface area contributed by atoms with Crippen molar-refractivity contribution >= 4 is 11.9 Å². The Bertz CT molecular complexity index is 478. The van der Waals surface area contributed by atoms with Crippen LogP contribution in [0.5, 0.6) is 0 Å². The third-order valence-electron chi connectivity index (χ3n) is 3.55. The van der Waals surface area contributed by atoms with E-state index in [9.17, 15) is 9.59 Å². The first-order chi connectivity index (χ1) is 8.95. The summed E-state index contributed by atoms with van der Waals surface area (Å²) in [7, 11) is 1.28. The fourth-order valence-electron chi connectivity index (χ4n) is 2.05. The lowest BCUT2D eigenvalue weighted by atomic mass is 10.1. The van der Waals surface area contributed by atoms with E-state index in [1.54, 1.807) is 24.3 Å². The molecule has 0 amide bonds. The molecule has 0 bridgehead atoms. The number of methoxy groups -OCH3 is 1. The lowest BCUT2D eigenvalue weighted by molar-refractivity contribution is -0.168. The molecule has 2 atom stereocenters. The molecule has 0 aromatic heterocycles. The Balaban J connectivity index is 2.12. The van der Waals surface area contributed by atoms with Gasteiger partial charge in [-0.15, -0.1) is 0 Å². The van der Waals surface area contributed by atoms with Crippen LogP contribution in [0.2, 0.25) is 0 Å². The Hall–Kier alpha value is -1.84. The Morgan fingerprint density at radius 3 is 2.32 bits per heavy atom. The molecule has 102 valence electrons. The SMILES string of the molecule is COC(=O)C(OC(=O)C1CC1(C)C)c1ccccc1. The second kappa shape index (κ2) is 5.03. The molecular weight excluding hydrogens is 244 g/mol. The standard InChI is InChI=1S/C15H18O4/c1-15(2)9-11(15)13(16)19-12(14(17)18-3)10-7-5-4-6-8-10/h4-8,11-12H,9H2,1-3H3. The van der Waals surface area contributed by atoms with Crippen LogP contribution >= 0.6 is 0 Å². The first-order valence-corrected chi connectivity index (χ1v) is 6.29. The van der Waals surface area contributed by atoms with Gasteiger partial charge in [-0.25, -0.2) is 4.79 Å². The summed E-state index contributed by atoms with van der Waals surface area (Å²) in [4.78, 5) is 23.7. The average Bonchev–Trinajstić information content (AvgIpc) is 3.05. The zero-order chi connectivity index (χ0) is 14.0. The number of rotatable bonds is 4. The molecule has 1 aliphatic carbocycles. The number of benzene rings is 1. The van der Waals surface area contributed by atoms with Crippen molar-refractivity contribution in [2.45, 2.75) is 26.4 Å². The predicted molar refractivity (Wildman–Crippen MR) is 69.2 cm³/mol. The van der Waals surface area contributed by atoms with Crippen LogP contribution in [0.3, 0.4) is 0 Å². The van der Waals surface area contributed by atoms with Crippen molar-refractivity contribution < 1.29 is 19.1 Å². The summed E-state index contributed by atoms with van der Waals surface area (Å²) in [6.45, 7) is 4.02. The van der Waals surface area contributed by atoms with Crippen LogP contribution < -0.4 is 0 Å². The summed E-state index contributed by atoms with van der Waals surface area (Å²) in [5.74, 6) is -1.01. The number of carbonyl (C=O) groups excluding carboxylic acids is 2. The highest BCUT2D eigenvalue weighted by molar-refractivity contribution is 5.83. The lowest BCUT2D eigenvalue weighted by Crippen LogP contribution is -2.22. The summed E-state index contributed by atoms with van der Waals surface area (Å²) >= 11 is 0. The third-order valence-corrected chi connectivity index (χ3v) is 3.55. The molecule has 0 heterocycles. The quantitative estimate of drug-likeness (QED) is 0.782. The van der Waals surface area contributed by atoms with E-state index in [-0.39, 0.29) is 17.3 Å². The van der Waals surface area contributed by atoms with E-state index in [2.05, 4.69) is 0 Å². The van der Waals surface area contributed by atoms with Crippen molar-refractivity contribution in [3.05, 3.63) is 35.9 Å². The molecule has 0 radical (unpaired) electrons. The molecule has 1 aromatic rings. The van der Waals surface area contributed by atoms with Gasteiger partial charge in [-0.05, 0) is 11.8 Å². The fourth-order valence-corrected chi connectivity index (χ4v) is 2.05. The summed E-state index contributed by atoms with van der Waals surface area (Å²) in [6.07, 6.45) is -0.177. The van der Waals surface area contributed by atoms with Gasteiger partial charge in [0.1, 0.15) is 0 Å². The summed E-state index contributed by atoms with van der Waals surface area (Å²) in [5, 5.41) is 0. The highest BCUT2D eigenvalue weighted by Crippen LogP contribution is 2.52. The first-order valence-electron chi connectivity index (χ1n) is 6.29. The van der Waals surface area contributed by atoms with Crippen LogP contribution in [0.1, 0.15) is 31.9 Å². The number of carbonyl (C=O) groups is 2. The van der Waals surface area contributed by atoms with Crippen molar-refractivity contribution in [1.82, 2.24) is 0 Å². The van der Waals surface area contributed by atoms with Gasteiger partial charge in [0.2, 0.25) is 6.10 Å². The minimum atomic E-state index is -0.977. The van der Waals surface area contributed by atoms with E-state index < -0.39 is 12.1 Å². The van der Waals surface area contributed by atoms with Gasteiger partial charge in [0.05, 0.1) is 13.0 Å². The van der Waals surface area contributed by atoms with Gasteiger partial charge in [0, 0.05) is 5.56 Å². The van der Waals surface area contributed by atoms with E-state index in [1.807, 2.05) is 19.9 Å². The van der Waals surface area contributed by atoms with Crippen LogP contribution in [0, 0.1) is 11.3 Å². The highest BCUT2D eigenvalue weighted by atomic mass is 16.6. The Morgan fingerprint density at radius 1 is 1.26 bits per heavy atom. The van der Waals surface area contributed by atoms with E-state index in [0.717, 1.165) is 6.42 Å². The largest absolute Gasteiger partial charge is 0.466 e. The molecule has 1 aromatic carbocycles. The molecule has 19 heavy (non-hydrogen) atoms. The van der Waals surface area contributed by atoms with Crippen LogP contribution in [0.15, 0.2) is 30.3 Å². The van der Waals surface area contributed by atoms with Gasteiger partial charge >= 0.3 is 11.9 Å². The topological polar surface area (TPSA) is 52.6 Å². The zero-order valence-electron chi connectivity index (χ0n) is 11.4. The number of hydrogen-bond acceptors (Lipinski definition) is 4. The molecule has 2 unspecified atom stereocenters. The summed E-state index contributed by atoms with van der Waals surface area (Å²) < 4.78 is 10.0. The summed E-state index contributed by atoms with van der Waals surface area (Å²) in [6, 6.07) is 8.91. The van der Waals surface area contributed by atoms with Crippen molar-refractivity contribution in [1.29, 1.82) is 0 Å². The van der Waals surface area contributed by atoms with Crippen molar-refractivity contribution in [2.24, 2.45) is 11.3 Å². The van der Waals surface area contributed by atoms with Crippen LogP contribution in [-0.4, -0.2) is 19.0 Å². The van der Waals surface area contributed by atoms with Crippen molar-refractivity contribution in [2.75, 3.05) is 7.11 Å². The molecule has 0 N–H and O–H groups in total. The molecular formula is C15H18O4. The van der Waals surface area contributed by atoms with Gasteiger partial charge in [0.15, 0.2) is 0 Å². The molecule has 1 fully saturated rings. The normalized spacial score (nSPS) is 21.3.